The molecule has 0 aliphatic rings. The van der Waals surface area contributed by atoms with Crippen molar-refractivity contribution in [3.8, 4) is 5.75 Å². The number of carbonyl (C=O) groups excluding carboxylic acids is 1. The van der Waals surface area contributed by atoms with E-state index in [0.717, 1.165) is 11.1 Å². The highest BCUT2D eigenvalue weighted by Crippen LogP contribution is 2.29. The number of sulfonamides is 1. The van der Waals surface area contributed by atoms with Crippen LogP contribution in [0.25, 0.3) is 0 Å². The summed E-state index contributed by atoms with van der Waals surface area (Å²) < 4.78 is 37.4. The molecule has 2 aromatic carbocycles. The molecule has 0 aliphatic carbocycles. The number of halogens is 1. The number of benzene rings is 2. The SMILES string of the molecule is COC(=O)COc1ccc(S(=O)(=O)Nc2c(C)cccc2C)cc1Cl. The topological polar surface area (TPSA) is 81.7 Å². The fraction of sp³-hybridized carbons (Fsp3) is 0.235. The second-order valence-electron chi connectivity index (χ2n) is 5.33. The first-order valence-electron chi connectivity index (χ1n) is 7.33. The van der Waals surface area contributed by atoms with E-state index >= 15 is 0 Å². The number of ether oxygens (including phenoxy) is 2. The number of hydrogen-bond donors (Lipinski definition) is 1. The van der Waals surface area contributed by atoms with Crippen molar-refractivity contribution in [1.29, 1.82) is 0 Å². The van der Waals surface area contributed by atoms with Crippen molar-refractivity contribution in [3.05, 3.63) is 52.5 Å². The van der Waals surface area contributed by atoms with Gasteiger partial charge in [0.25, 0.3) is 10.0 Å². The molecule has 0 radical (unpaired) electrons. The van der Waals surface area contributed by atoms with Crippen molar-refractivity contribution < 1.29 is 22.7 Å². The Morgan fingerprint density at radius 3 is 2.36 bits per heavy atom. The molecule has 0 spiro atoms. The minimum absolute atomic E-state index is 0.00873. The van der Waals surface area contributed by atoms with Crippen LogP contribution in [0.5, 0.6) is 5.75 Å². The quantitative estimate of drug-likeness (QED) is 0.774. The molecule has 1 N–H and O–H groups in total. The van der Waals surface area contributed by atoms with Crippen LogP contribution in [-0.4, -0.2) is 28.1 Å². The molecule has 2 aromatic rings. The molecule has 0 aromatic heterocycles. The van der Waals surface area contributed by atoms with Gasteiger partial charge in [-0.1, -0.05) is 29.8 Å². The fourth-order valence-corrected chi connectivity index (χ4v) is 3.66. The third-order valence-electron chi connectivity index (χ3n) is 3.50. The van der Waals surface area contributed by atoms with Crippen LogP contribution in [0.1, 0.15) is 11.1 Å². The van der Waals surface area contributed by atoms with Crippen molar-refractivity contribution in [2.45, 2.75) is 18.7 Å². The number of anilines is 1. The van der Waals surface area contributed by atoms with Crippen LogP contribution < -0.4 is 9.46 Å². The highest BCUT2D eigenvalue weighted by molar-refractivity contribution is 7.92. The second-order valence-corrected chi connectivity index (χ2v) is 7.42. The van der Waals surface area contributed by atoms with Crippen LogP contribution in [-0.2, 0) is 19.6 Å². The van der Waals surface area contributed by atoms with Crippen molar-refractivity contribution in [3.63, 3.8) is 0 Å². The number of nitrogens with one attached hydrogen (secondary N) is 1. The van der Waals surface area contributed by atoms with Gasteiger partial charge < -0.3 is 9.47 Å². The molecular formula is C17H18ClNO5S. The summed E-state index contributed by atoms with van der Waals surface area (Å²) in [6, 6.07) is 9.51. The molecular weight excluding hydrogens is 366 g/mol. The molecule has 0 amide bonds. The monoisotopic (exact) mass is 383 g/mol. The molecule has 2 rings (SSSR count). The minimum Gasteiger partial charge on any atom is -0.480 e. The molecule has 0 bridgehead atoms. The summed E-state index contributed by atoms with van der Waals surface area (Å²) in [5, 5.41) is 0.0771. The van der Waals surface area contributed by atoms with Crippen LogP contribution in [0.15, 0.2) is 41.3 Å². The van der Waals surface area contributed by atoms with E-state index in [9.17, 15) is 13.2 Å². The predicted molar refractivity (Wildman–Crippen MR) is 95.7 cm³/mol. The van der Waals surface area contributed by atoms with Crippen molar-refractivity contribution in [1.82, 2.24) is 0 Å². The molecule has 0 fully saturated rings. The number of methoxy groups -OCH3 is 1. The van der Waals surface area contributed by atoms with Crippen molar-refractivity contribution >= 4 is 33.3 Å². The van der Waals surface area contributed by atoms with Crippen LogP contribution >= 0.6 is 11.6 Å². The lowest BCUT2D eigenvalue weighted by molar-refractivity contribution is -0.142. The van der Waals surface area contributed by atoms with Crippen molar-refractivity contribution in [2.24, 2.45) is 0 Å². The summed E-state index contributed by atoms with van der Waals surface area (Å²) in [6.07, 6.45) is 0. The van der Waals surface area contributed by atoms with Gasteiger partial charge in [0.15, 0.2) is 6.61 Å². The van der Waals surface area contributed by atoms with E-state index in [1.807, 2.05) is 32.0 Å². The van der Waals surface area contributed by atoms with Gasteiger partial charge in [-0.25, -0.2) is 13.2 Å². The van der Waals surface area contributed by atoms with Crippen LogP contribution in [0.2, 0.25) is 5.02 Å². The Kier molecular flexibility index (Phi) is 5.92. The molecule has 25 heavy (non-hydrogen) atoms. The largest absolute Gasteiger partial charge is 0.480 e. The lowest BCUT2D eigenvalue weighted by Crippen LogP contribution is -2.15. The Balaban J connectivity index is 2.25. The van der Waals surface area contributed by atoms with Crippen LogP contribution in [0.3, 0.4) is 0 Å². The molecule has 0 unspecified atom stereocenters. The summed E-state index contributed by atoms with van der Waals surface area (Å²) in [5.41, 5.74) is 2.16. The maximum Gasteiger partial charge on any atom is 0.343 e. The lowest BCUT2D eigenvalue weighted by Gasteiger charge is -2.14. The number of rotatable bonds is 6. The summed E-state index contributed by atoms with van der Waals surface area (Å²) >= 11 is 6.06. The van der Waals surface area contributed by atoms with E-state index in [0.29, 0.717) is 5.69 Å². The Morgan fingerprint density at radius 2 is 1.80 bits per heavy atom. The van der Waals surface area contributed by atoms with Crippen LogP contribution in [0.4, 0.5) is 5.69 Å². The third kappa shape index (κ3) is 4.64. The number of aryl methyl sites for hydroxylation is 2. The normalized spacial score (nSPS) is 11.0. The Labute approximate surface area is 151 Å². The summed E-state index contributed by atoms with van der Waals surface area (Å²) in [6.45, 7) is 3.33. The summed E-state index contributed by atoms with van der Waals surface area (Å²) in [4.78, 5) is 11.1. The molecule has 134 valence electrons. The average Bonchev–Trinajstić information content (AvgIpc) is 2.56. The maximum absolute atomic E-state index is 12.6. The standard InChI is InChI=1S/C17H18ClNO5S/c1-11-5-4-6-12(2)17(11)19-25(21,22)13-7-8-15(14(18)9-13)24-10-16(20)23-3/h4-9,19H,10H2,1-3H3. The Hall–Kier alpha value is -2.25. The minimum atomic E-state index is -3.82. The molecule has 0 saturated carbocycles. The van der Waals surface area contributed by atoms with Gasteiger partial charge in [0, 0.05) is 0 Å². The van der Waals surface area contributed by atoms with Gasteiger partial charge in [0.05, 0.1) is 22.7 Å². The highest BCUT2D eigenvalue weighted by Gasteiger charge is 2.18. The van der Waals surface area contributed by atoms with Gasteiger partial charge in [-0.3, -0.25) is 4.72 Å². The molecule has 0 aliphatic heterocycles. The first-order valence-corrected chi connectivity index (χ1v) is 9.19. The van der Waals surface area contributed by atoms with E-state index in [1.54, 1.807) is 0 Å². The van der Waals surface area contributed by atoms with E-state index in [4.69, 9.17) is 16.3 Å². The first-order chi connectivity index (χ1) is 11.7. The first kappa shape index (κ1) is 19.1. The molecule has 8 heteroatoms. The van der Waals surface area contributed by atoms with Gasteiger partial charge in [-0.05, 0) is 43.2 Å². The molecule has 0 saturated heterocycles. The molecule has 0 atom stereocenters. The van der Waals surface area contributed by atoms with Gasteiger partial charge in [-0.2, -0.15) is 0 Å². The Morgan fingerprint density at radius 1 is 1.16 bits per heavy atom. The molecule has 6 nitrogen and oxygen atoms in total. The van der Waals surface area contributed by atoms with Gasteiger partial charge >= 0.3 is 5.97 Å². The van der Waals surface area contributed by atoms with Gasteiger partial charge in [0.2, 0.25) is 0 Å². The average molecular weight is 384 g/mol. The Bertz CT molecular complexity index is 876. The van der Waals surface area contributed by atoms with Crippen LogP contribution in [0, 0.1) is 13.8 Å². The third-order valence-corrected chi connectivity index (χ3v) is 5.15. The van der Waals surface area contributed by atoms with E-state index in [2.05, 4.69) is 9.46 Å². The number of para-hydroxylation sites is 1. The number of hydrogen-bond acceptors (Lipinski definition) is 5. The van der Waals surface area contributed by atoms with Crippen molar-refractivity contribution in [2.75, 3.05) is 18.4 Å². The van der Waals surface area contributed by atoms with Gasteiger partial charge in [0.1, 0.15) is 5.75 Å². The van der Waals surface area contributed by atoms with E-state index in [-0.39, 0.29) is 22.3 Å². The molecule has 0 heterocycles. The summed E-state index contributed by atoms with van der Waals surface area (Å²) in [5.74, 6) is -0.373. The van der Waals surface area contributed by atoms with E-state index < -0.39 is 16.0 Å². The van der Waals surface area contributed by atoms with E-state index in [1.165, 1.54) is 25.3 Å². The predicted octanol–water partition coefficient (Wildman–Crippen LogP) is 3.31. The zero-order chi connectivity index (χ0) is 18.6. The second kappa shape index (κ2) is 7.76. The zero-order valence-electron chi connectivity index (χ0n) is 14.0. The lowest BCUT2D eigenvalue weighted by atomic mass is 10.1. The maximum atomic E-state index is 12.6. The van der Waals surface area contributed by atoms with Gasteiger partial charge in [-0.15, -0.1) is 0 Å². The number of esters is 1. The summed E-state index contributed by atoms with van der Waals surface area (Å²) in [7, 11) is -2.58. The number of carbonyl (C=O) groups is 1. The smallest absolute Gasteiger partial charge is 0.343 e. The fourth-order valence-electron chi connectivity index (χ4n) is 2.13. The highest BCUT2D eigenvalue weighted by atomic mass is 35.5. The zero-order valence-corrected chi connectivity index (χ0v) is 15.6.